The molecule has 1 aliphatic carbocycles. The van der Waals surface area contributed by atoms with Crippen LogP contribution < -0.4 is 0 Å². The monoisotopic (exact) mass is 240 g/mol. The average molecular weight is 240 g/mol. The predicted molar refractivity (Wildman–Crippen MR) is 71.2 cm³/mol. The van der Waals surface area contributed by atoms with Crippen LogP contribution in [0.4, 0.5) is 0 Å². The van der Waals surface area contributed by atoms with Crippen molar-refractivity contribution in [1.29, 1.82) is 0 Å². The topological polar surface area (TPSA) is 15.7 Å². The van der Waals surface area contributed by atoms with Crippen molar-refractivity contribution in [3.8, 4) is 0 Å². The summed E-state index contributed by atoms with van der Waals surface area (Å²) >= 11 is 0. The summed E-state index contributed by atoms with van der Waals surface area (Å²) in [6.45, 7) is 14.8. The zero-order valence-corrected chi connectivity index (χ0v) is 11.7. The molecule has 0 amide bonds. The largest absolute Gasteiger partial charge is 0.379 e. The van der Waals surface area contributed by atoms with E-state index in [0.29, 0.717) is 6.04 Å². The zero-order chi connectivity index (χ0) is 12.3. The average Bonchev–Trinajstić information content (AvgIpc) is 3.01. The maximum atomic E-state index is 5.39. The van der Waals surface area contributed by atoms with Gasteiger partial charge < -0.3 is 4.74 Å². The highest BCUT2D eigenvalue weighted by molar-refractivity contribution is 4.86. The number of hydrogen-bond donors (Lipinski definition) is 0. The van der Waals surface area contributed by atoms with E-state index in [-0.39, 0.29) is 0 Å². The molecule has 0 spiro atoms. The first-order chi connectivity index (χ1) is 8.16. The zero-order valence-electron chi connectivity index (χ0n) is 11.7. The van der Waals surface area contributed by atoms with Gasteiger partial charge in [-0.15, -0.1) is 0 Å². The molecule has 1 aliphatic heterocycles. The molecule has 0 aromatic rings. The molecule has 2 atom stereocenters. The number of ether oxygens (including phenoxy) is 1. The molecule has 1 heterocycles. The number of morpholine rings is 1. The van der Waals surface area contributed by atoms with Gasteiger partial charge in [0.2, 0.25) is 0 Å². The van der Waals surface area contributed by atoms with Crippen molar-refractivity contribution in [2.75, 3.05) is 45.9 Å². The standard InChI is InChI=1S/C14H28N2O/c1-12(2)16(11-14-10-13(14)3)5-4-15-6-8-17-9-7-15/h12-14H,4-11H2,1-3H3/t13-,14-/m1/s1. The van der Waals surface area contributed by atoms with Crippen LogP contribution in [0, 0.1) is 11.8 Å². The van der Waals surface area contributed by atoms with E-state index in [1.807, 2.05) is 0 Å². The van der Waals surface area contributed by atoms with Gasteiger partial charge in [0.15, 0.2) is 0 Å². The van der Waals surface area contributed by atoms with Gasteiger partial charge in [0.25, 0.3) is 0 Å². The summed E-state index contributed by atoms with van der Waals surface area (Å²) in [6.07, 6.45) is 1.45. The minimum absolute atomic E-state index is 0.684. The molecule has 0 radical (unpaired) electrons. The van der Waals surface area contributed by atoms with Crippen molar-refractivity contribution in [3.05, 3.63) is 0 Å². The summed E-state index contributed by atoms with van der Waals surface area (Å²) in [5, 5.41) is 0. The Bertz CT molecular complexity index is 226. The molecule has 0 aromatic carbocycles. The van der Waals surface area contributed by atoms with Gasteiger partial charge in [0, 0.05) is 38.8 Å². The molecule has 0 bridgehead atoms. The van der Waals surface area contributed by atoms with E-state index in [9.17, 15) is 0 Å². The molecular formula is C14H28N2O. The Balaban J connectivity index is 1.69. The fourth-order valence-electron chi connectivity index (χ4n) is 2.61. The summed E-state index contributed by atoms with van der Waals surface area (Å²) in [5.41, 5.74) is 0. The third-order valence-corrected chi connectivity index (χ3v) is 4.28. The van der Waals surface area contributed by atoms with Gasteiger partial charge >= 0.3 is 0 Å². The molecule has 17 heavy (non-hydrogen) atoms. The van der Waals surface area contributed by atoms with Gasteiger partial charge in [-0.1, -0.05) is 6.92 Å². The Labute approximate surface area is 106 Å². The lowest BCUT2D eigenvalue weighted by Crippen LogP contribution is -2.43. The van der Waals surface area contributed by atoms with E-state index < -0.39 is 0 Å². The molecule has 0 N–H and O–H groups in total. The van der Waals surface area contributed by atoms with Crippen molar-refractivity contribution < 1.29 is 4.74 Å². The Hall–Kier alpha value is -0.120. The summed E-state index contributed by atoms with van der Waals surface area (Å²) < 4.78 is 5.39. The molecule has 2 rings (SSSR count). The molecule has 0 aromatic heterocycles. The van der Waals surface area contributed by atoms with Crippen LogP contribution in [-0.2, 0) is 4.74 Å². The lowest BCUT2D eigenvalue weighted by Gasteiger charge is -2.32. The fourth-order valence-corrected chi connectivity index (χ4v) is 2.61. The Morgan fingerprint density at radius 3 is 2.47 bits per heavy atom. The fraction of sp³-hybridized carbons (Fsp3) is 1.00. The van der Waals surface area contributed by atoms with Crippen molar-refractivity contribution in [3.63, 3.8) is 0 Å². The molecule has 3 nitrogen and oxygen atoms in total. The molecule has 1 saturated carbocycles. The third kappa shape index (κ3) is 4.23. The van der Waals surface area contributed by atoms with Crippen LogP contribution in [0.1, 0.15) is 27.2 Å². The van der Waals surface area contributed by atoms with Crippen LogP contribution in [0.25, 0.3) is 0 Å². The molecule has 2 fully saturated rings. The van der Waals surface area contributed by atoms with E-state index in [1.54, 1.807) is 0 Å². The Morgan fingerprint density at radius 2 is 1.94 bits per heavy atom. The number of nitrogens with zero attached hydrogens (tertiary/aromatic N) is 2. The highest BCUT2D eigenvalue weighted by Crippen LogP contribution is 2.38. The first-order valence-corrected chi connectivity index (χ1v) is 7.21. The van der Waals surface area contributed by atoms with Gasteiger partial charge in [-0.2, -0.15) is 0 Å². The maximum Gasteiger partial charge on any atom is 0.0594 e. The van der Waals surface area contributed by atoms with Gasteiger partial charge in [-0.3, -0.25) is 9.80 Å². The Morgan fingerprint density at radius 1 is 1.29 bits per heavy atom. The van der Waals surface area contributed by atoms with Crippen molar-refractivity contribution in [2.45, 2.75) is 33.2 Å². The first kappa shape index (κ1) is 13.3. The van der Waals surface area contributed by atoms with Crippen LogP contribution in [0.2, 0.25) is 0 Å². The quantitative estimate of drug-likeness (QED) is 0.702. The Kier molecular flexibility index (Phi) is 4.83. The normalized spacial score (nSPS) is 30.2. The SMILES string of the molecule is CC(C)N(CCN1CCOCC1)C[C@H]1C[C@H]1C. The molecular weight excluding hydrogens is 212 g/mol. The van der Waals surface area contributed by atoms with E-state index in [2.05, 4.69) is 30.6 Å². The molecule has 1 saturated heterocycles. The summed E-state index contributed by atoms with van der Waals surface area (Å²) in [5.74, 6) is 1.95. The highest BCUT2D eigenvalue weighted by atomic mass is 16.5. The van der Waals surface area contributed by atoms with Crippen LogP contribution in [0.3, 0.4) is 0 Å². The van der Waals surface area contributed by atoms with E-state index in [0.717, 1.165) is 38.1 Å². The summed E-state index contributed by atoms with van der Waals surface area (Å²) in [4.78, 5) is 5.19. The molecule has 100 valence electrons. The van der Waals surface area contributed by atoms with Crippen LogP contribution in [-0.4, -0.2) is 61.8 Å². The second kappa shape index (κ2) is 6.17. The van der Waals surface area contributed by atoms with Gasteiger partial charge in [-0.25, -0.2) is 0 Å². The van der Waals surface area contributed by atoms with Gasteiger partial charge in [0.05, 0.1) is 13.2 Å². The smallest absolute Gasteiger partial charge is 0.0594 e. The molecule has 2 aliphatic rings. The van der Waals surface area contributed by atoms with E-state index in [1.165, 1.54) is 26.1 Å². The van der Waals surface area contributed by atoms with Crippen molar-refractivity contribution in [2.24, 2.45) is 11.8 Å². The summed E-state index contributed by atoms with van der Waals surface area (Å²) in [6, 6.07) is 0.684. The van der Waals surface area contributed by atoms with Crippen LogP contribution in [0.15, 0.2) is 0 Å². The van der Waals surface area contributed by atoms with E-state index in [4.69, 9.17) is 4.74 Å². The van der Waals surface area contributed by atoms with Crippen molar-refractivity contribution >= 4 is 0 Å². The number of hydrogen-bond acceptors (Lipinski definition) is 3. The second-order valence-electron chi connectivity index (χ2n) is 6.02. The minimum Gasteiger partial charge on any atom is -0.379 e. The summed E-state index contributed by atoms with van der Waals surface area (Å²) in [7, 11) is 0. The lowest BCUT2D eigenvalue weighted by atomic mass is 10.2. The highest BCUT2D eigenvalue weighted by Gasteiger charge is 2.34. The number of rotatable bonds is 6. The van der Waals surface area contributed by atoms with Crippen LogP contribution in [0.5, 0.6) is 0 Å². The van der Waals surface area contributed by atoms with E-state index >= 15 is 0 Å². The van der Waals surface area contributed by atoms with Gasteiger partial charge in [-0.05, 0) is 32.1 Å². The lowest BCUT2D eigenvalue weighted by molar-refractivity contribution is 0.0313. The first-order valence-electron chi connectivity index (χ1n) is 7.21. The third-order valence-electron chi connectivity index (χ3n) is 4.28. The maximum absolute atomic E-state index is 5.39. The molecule has 3 heteroatoms. The van der Waals surface area contributed by atoms with Gasteiger partial charge in [0.1, 0.15) is 0 Å². The molecule has 0 unspecified atom stereocenters. The van der Waals surface area contributed by atoms with Crippen molar-refractivity contribution in [1.82, 2.24) is 9.80 Å². The minimum atomic E-state index is 0.684. The second-order valence-corrected chi connectivity index (χ2v) is 6.02. The van der Waals surface area contributed by atoms with Crippen LogP contribution >= 0.6 is 0 Å². The predicted octanol–water partition coefficient (Wildman–Crippen LogP) is 1.69.